The molecule has 0 radical (unpaired) electrons. The summed E-state index contributed by atoms with van der Waals surface area (Å²) in [5.74, 6) is 0.605. The highest BCUT2D eigenvalue weighted by Gasteiger charge is 2.18. The summed E-state index contributed by atoms with van der Waals surface area (Å²) in [6.07, 6.45) is 1.74. The van der Waals surface area contributed by atoms with Crippen molar-refractivity contribution in [2.24, 2.45) is 7.05 Å². The first-order valence-electron chi connectivity index (χ1n) is 6.68. The number of halogens is 2. The van der Waals surface area contributed by atoms with Gasteiger partial charge in [0.25, 0.3) is 0 Å². The van der Waals surface area contributed by atoms with Crippen LogP contribution >= 0.6 is 23.2 Å². The second-order valence-electron chi connectivity index (χ2n) is 5.21. The highest BCUT2D eigenvalue weighted by Crippen LogP contribution is 2.30. The first-order valence-corrected chi connectivity index (χ1v) is 7.44. The van der Waals surface area contributed by atoms with Gasteiger partial charge in [0.1, 0.15) is 5.69 Å². The molecule has 0 saturated heterocycles. The molecule has 0 unspecified atom stereocenters. The van der Waals surface area contributed by atoms with Gasteiger partial charge in [0.2, 0.25) is 0 Å². The van der Waals surface area contributed by atoms with Gasteiger partial charge in [-0.1, -0.05) is 29.3 Å². The third kappa shape index (κ3) is 1.90. The Morgan fingerprint density at radius 1 is 1.09 bits per heavy atom. The SMILES string of the molecule is Cc1cc2nnc(-c3nn(C)cc3Cl)n2c2cc(Cl)ccc12. The van der Waals surface area contributed by atoms with Crippen LogP contribution in [0.2, 0.25) is 10.0 Å². The van der Waals surface area contributed by atoms with Crippen LogP contribution in [0.3, 0.4) is 0 Å². The zero-order valence-electron chi connectivity index (χ0n) is 11.9. The van der Waals surface area contributed by atoms with Gasteiger partial charge in [-0.15, -0.1) is 10.2 Å². The van der Waals surface area contributed by atoms with Gasteiger partial charge in [-0.25, -0.2) is 0 Å². The van der Waals surface area contributed by atoms with Gasteiger partial charge in [0, 0.05) is 23.7 Å². The molecule has 0 N–H and O–H groups in total. The molecular weight excluding hydrogens is 321 g/mol. The summed E-state index contributed by atoms with van der Waals surface area (Å²) in [4.78, 5) is 0. The van der Waals surface area contributed by atoms with E-state index in [0.29, 0.717) is 21.6 Å². The molecule has 0 saturated carbocycles. The molecule has 0 aliphatic carbocycles. The highest BCUT2D eigenvalue weighted by molar-refractivity contribution is 6.33. The molecule has 7 heteroatoms. The van der Waals surface area contributed by atoms with Gasteiger partial charge >= 0.3 is 0 Å². The lowest BCUT2D eigenvalue weighted by atomic mass is 10.1. The van der Waals surface area contributed by atoms with Gasteiger partial charge in [0.15, 0.2) is 11.5 Å². The maximum absolute atomic E-state index is 6.26. The average molecular weight is 332 g/mol. The summed E-state index contributed by atoms with van der Waals surface area (Å²) < 4.78 is 3.59. The van der Waals surface area contributed by atoms with Gasteiger partial charge < -0.3 is 0 Å². The van der Waals surface area contributed by atoms with Crippen molar-refractivity contribution in [3.63, 3.8) is 0 Å². The van der Waals surface area contributed by atoms with Gasteiger partial charge in [-0.05, 0) is 30.7 Å². The maximum Gasteiger partial charge on any atom is 0.190 e. The quantitative estimate of drug-likeness (QED) is 0.531. The predicted molar refractivity (Wildman–Crippen MR) is 87.5 cm³/mol. The molecule has 4 aromatic rings. The summed E-state index contributed by atoms with van der Waals surface area (Å²) in [6, 6.07) is 7.76. The number of fused-ring (bicyclic) bond motifs is 3. The summed E-state index contributed by atoms with van der Waals surface area (Å²) in [7, 11) is 1.82. The molecule has 0 fully saturated rings. The third-order valence-electron chi connectivity index (χ3n) is 3.66. The van der Waals surface area contributed by atoms with Crippen LogP contribution in [0.5, 0.6) is 0 Å². The summed E-state index contributed by atoms with van der Waals surface area (Å²) in [5.41, 5.74) is 3.39. The Kier molecular flexibility index (Phi) is 2.89. The van der Waals surface area contributed by atoms with Crippen LogP contribution in [-0.2, 0) is 7.05 Å². The molecule has 0 bridgehead atoms. The van der Waals surface area contributed by atoms with E-state index in [-0.39, 0.29) is 0 Å². The highest BCUT2D eigenvalue weighted by atomic mass is 35.5. The van der Waals surface area contributed by atoms with Gasteiger partial charge in [0.05, 0.1) is 10.5 Å². The molecule has 0 aliphatic rings. The molecule has 4 rings (SSSR count). The number of benzene rings is 1. The van der Waals surface area contributed by atoms with Crippen molar-refractivity contribution in [3.05, 3.63) is 46.1 Å². The normalized spacial score (nSPS) is 11.6. The Labute approximate surface area is 136 Å². The van der Waals surface area contributed by atoms with Crippen LogP contribution in [0, 0.1) is 6.92 Å². The van der Waals surface area contributed by atoms with Crippen molar-refractivity contribution in [1.82, 2.24) is 24.4 Å². The van der Waals surface area contributed by atoms with E-state index in [9.17, 15) is 0 Å². The zero-order chi connectivity index (χ0) is 15.4. The third-order valence-corrected chi connectivity index (χ3v) is 4.17. The second kappa shape index (κ2) is 4.69. The number of pyridine rings is 1. The fraction of sp³-hybridized carbons (Fsp3) is 0.133. The minimum atomic E-state index is 0.535. The topological polar surface area (TPSA) is 48.0 Å². The van der Waals surface area contributed by atoms with Crippen molar-refractivity contribution < 1.29 is 0 Å². The van der Waals surface area contributed by atoms with E-state index >= 15 is 0 Å². The molecule has 0 atom stereocenters. The van der Waals surface area contributed by atoms with Crippen LogP contribution in [0.25, 0.3) is 28.1 Å². The maximum atomic E-state index is 6.26. The molecule has 5 nitrogen and oxygen atoms in total. The molecule has 3 aromatic heterocycles. The van der Waals surface area contributed by atoms with E-state index in [2.05, 4.69) is 15.3 Å². The van der Waals surface area contributed by atoms with E-state index in [4.69, 9.17) is 23.2 Å². The number of rotatable bonds is 1. The summed E-state index contributed by atoms with van der Waals surface area (Å²) >= 11 is 12.4. The smallest absolute Gasteiger partial charge is 0.190 e. The average Bonchev–Trinajstić information content (AvgIpc) is 3.01. The first-order chi connectivity index (χ1) is 10.5. The fourth-order valence-corrected chi connectivity index (χ4v) is 3.12. The largest absolute Gasteiger partial charge is 0.274 e. The van der Waals surface area contributed by atoms with Crippen LogP contribution in [0.1, 0.15) is 5.56 Å². The Morgan fingerprint density at radius 2 is 1.91 bits per heavy atom. The second-order valence-corrected chi connectivity index (χ2v) is 6.05. The van der Waals surface area contributed by atoms with Crippen LogP contribution < -0.4 is 0 Å². The lowest BCUT2D eigenvalue weighted by Gasteiger charge is -2.07. The molecule has 1 aromatic carbocycles. The van der Waals surface area contributed by atoms with E-state index in [1.165, 1.54) is 0 Å². The lowest BCUT2D eigenvalue weighted by molar-refractivity contribution is 0.768. The molecule has 22 heavy (non-hydrogen) atoms. The van der Waals surface area contributed by atoms with E-state index in [1.807, 2.05) is 42.6 Å². The summed E-state index contributed by atoms with van der Waals surface area (Å²) in [6.45, 7) is 2.04. The Bertz CT molecular complexity index is 1030. The Balaban J connectivity index is 2.18. The van der Waals surface area contributed by atoms with Crippen molar-refractivity contribution in [2.45, 2.75) is 6.92 Å². The number of hydrogen-bond acceptors (Lipinski definition) is 3. The number of hydrogen-bond donors (Lipinski definition) is 0. The van der Waals surface area contributed by atoms with Gasteiger partial charge in [-0.3, -0.25) is 9.08 Å². The van der Waals surface area contributed by atoms with Crippen molar-refractivity contribution in [3.8, 4) is 11.5 Å². The lowest BCUT2D eigenvalue weighted by Crippen LogP contribution is -1.96. The Morgan fingerprint density at radius 3 is 2.64 bits per heavy atom. The number of nitrogens with zero attached hydrogens (tertiary/aromatic N) is 5. The molecular formula is C15H11Cl2N5. The van der Waals surface area contributed by atoms with Crippen LogP contribution in [0.4, 0.5) is 0 Å². The molecule has 0 amide bonds. The fourth-order valence-electron chi connectivity index (χ4n) is 2.69. The monoisotopic (exact) mass is 331 g/mol. The Hall–Kier alpha value is -2.11. The standard InChI is InChI=1S/C15H11Cl2N5/c1-8-5-13-18-19-15(14-11(17)7-21(2)20-14)22(13)12-6-9(16)3-4-10(8)12/h3-7H,1-2H3. The van der Waals surface area contributed by atoms with E-state index in [0.717, 1.165) is 22.1 Å². The van der Waals surface area contributed by atoms with Crippen LogP contribution in [0.15, 0.2) is 30.5 Å². The predicted octanol–water partition coefficient (Wildman–Crippen LogP) is 3.90. The van der Waals surface area contributed by atoms with Crippen LogP contribution in [-0.4, -0.2) is 24.4 Å². The first kappa shape index (κ1) is 13.5. The molecule has 3 heterocycles. The minimum absolute atomic E-state index is 0.535. The van der Waals surface area contributed by atoms with Crippen molar-refractivity contribution in [1.29, 1.82) is 0 Å². The number of aryl methyl sites for hydroxylation is 2. The van der Waals surface area contributed by atoms with Crippen molar-refractivity contribution in [2.75, 3.05) is 0 Å². The van der Waals surface area contributed by atoms with E-state index in [1.54, 1.807) is 10.9 Å². The number of aromatic nitrogens is 5. The van der Waals surface area contributed by atoms with Crippen molar-refractivity contribution >= 4 is 39.8 Å². The minimum Gasteiger partial charge on any atom is -0.274 e. The molecule has 110 valence electrons. The molecule has 0 aliphatic heterocycles. The van der Waals surface area contributed by atoms with E-state index < -0.39 is 0 Å². The van der Waals surface area contributed by atoms with Gasteiger partial charge in [-0.2, -0.15) is 5.10 Å². The zero-order valence-corrected chi connectivity index (χ0v) is 13.4. The summed E-state index contributed by atoms with van der Waals surface area (Å²) in [5, 5.41) is 15.2. The molecule has 0 spiro atoms.